The van der Waals surface area contributed by atoms with Crippen molar-refractivity contribution in [2.24, 2.45) is 0 Å². The average Bonchev–Trinajstić information content (AvgIpc) is 3.11. The van der Waals surface area contributed by atoms with Gasteiger partial charge in [-0.15, -0.1) is 11.3 Å². The summed E-state index contributed by atoms with van der Waals surface area (Å²) < 4.78 is 5.46. The van der Waals surface area contributed by atoms with Crippen LogP contribution in [0.5, 0.6) is 0 Å². The normalized spacial score (nSPS) is 18.6. The molecule has 1 N–H and O–H groups in total. The van der Waals surface area contributed by atoms with Crippen LogP contribution in [0.1, 0.15) is 49.4 Å². The van der Waals surface area contributed by atoms with Crippen molar-refractivity contribution < 1.29 is 9.53 Å². The molecule has 1 saturated heterocycles. The molecule has 0 bridgehead atoms. The highest BCUT2D eigenvalue weighted by Gasteiger charge is 2.23. The molecule has 158 valence electrons. The van der Waals surface area contributed by atoms with Gasteiger partial charge in [-0.25, -0.2) is 9.97 Å². The molecule has 0 radical (unpaired) electrons. The fraction of sp³-hybridized carbons (Fsp3) is 0.667. The van der Waals surface area contributed by atoms with Crippen molar-refractivity contribution in [1.29, 1.82) is 0 Å². The third kappa shape index (κ3) is 5.10. The van der Waals surface area contributed by atoms with E-state index in [2.05, 4.69) is 17.1 Å². The Labute approximate surface area is 180 Å². The zero-order chi connectivity index (χ0) is 20.2. The topological polar surface area (TPSA) is 67.4 Å². The number of hydrogen-bond donors (Lipinski definition) is 1. The minimum absolute atomic E-state index is 0.0786. The van der Waals surface area contributed by atoms with Gasteiger partial charge in [-0.1, -0.05) is 18.7 Å². The third-order valence-electron chi connectivity index (χ3n) is 5.66. The Kier molecular flexibility index (Phi) is 7.05. The number of aromatic nitrogens is 2. The second-order valence-corrected chi connectivity index (χ2v) is 9.94. The van der Waals surface area contributed by atoms with E-state index in [0.717, 1.165) is 67.8 Å². The second-order valence-electron chi connectivity index (χ2n) is 7.89. The fourth-order valence-electron chi connectivity index (χ4n) is 3.85. The van der Waals surface area contributed by atoms with E-state index in [4.69, 9.17) is 14.7 Å². The van der Waals surface area contributed by atoms with Crippen LogP contribution in [0.2, 0.25) is 0 Å². The van der Waals surface area contributed by atoms with Gasteiger partial charge < -0.3 is 10.1 Å². The predicted molar refractivity (Wildman–Crippen MR) is 119 cm³/mol. The first-order valence-electron chi connectivity index (χ1n) is 10.7. The molecular formula is C21H30N4O2S2. The molecule has 8 heteroatoms. The molecule has 0 spiro atoms. The minimum Gasteiger partial charge on any atom is -0.379 e. The molecule has 4 rings (SSSR count). The van der Waals surface area contributed by atoms with E-state index in [-0.39, 0.29) is 11.9 Å². The largest absolute Gasteiger partial charge is 0.379 e. The lowest BCUT2D eigenvalue weighted by molar-refractivity contribution is -0.119. The van der Waals surface area contributed by atoms with Gasteiger partial charge in [-0.3, -0.25) is 9.69 Å². The Morgan fingerprint density at radius 1 is 1.28 bits per heavy atom. The van der Waals surface area contributed by atoms with Gasteiger partial charge in [0.25, 0.3) is 0 Å². The number of thiophene rings is 1. The number of carbonyl (C=O) groups excluding carboxylic acids is 1. The van der Waals surface area contributed by atoms with Gasteiger partial charge >= 0.3 is 0 Å². The standard InChI is InChI=1S/C21H30N4O2S2/c1-3-14(2)22-18(26)13-28-20-19-15-6-4-5-7-16(15)29-21(19)24-17(23-20)12-25-8-10-27-11-9-25/h14H,3-13H2,1-2H3,(H,22,26)/t14-/m1/s1. The SMILES string of the molecule is CC[C@@H](C)NC(=O)CSc1nc(CN2CCOCC2)nc2sc3c(c12)CCCC3. The zero-order valence-electron chi connectivity index (χ0n) is 17.3. The van der Waals surface area contributed by atoms with Crippen molar-refractivity contribution in [2.45, 2.75) is 63.6 Å². The average molecular weight is 435 g/mol. The van der Waals surface area contributed by atoms with Crippen molar-refractivity contribution in [2.75, 3.05) is 32.1 Å². The van der Waals surface area contributed by atoms with Crippen molar-refractivity contribution in [3.05, 3.63) is 16.3 Å². The van der Waals surface area contributed by atoms with Gasteiger partial charge in [0.1, 0.15) is 15.7 Å². The number of nitrogens with one attached hydrogen (secondary N) is 1. The van der Waals surface area contributed by atoms with Crippen LogP contribution in [-0.2, 0) is 28.9 Å². The summed E-state index contributed by atoms with van der Waals surface area (Å²) in [5.74, 6) is 1.34. The number of aryl methyl sites for hydroxylation is 2. The van der Waals surface area contributed by atoms with E-state index in [1.807, 2.05) is 18.3 Å². The summed E-state index contributed by atoms with van der Waals surface area (Å²) in [5.41, 5.74) is 1.43. The van der Waals surface area contributed by atoms with Gasteiger partial charge in [0.2, 0.25) is 5.91 Å². The number of rotatable bonds is 7. The van der Waals surface area contributed by atoms with Crippen LogP contribution in [0, 0.1) is 0 Å². The second kappa shape index (κ2) is 9.73. The lowest BCUT2D eigenvalue weighted by Gasteiger charge is -2.25. The molecule has 29 heavy (non-hydrogen) atoms. The molecule has 2 aromatic heterocycles. The smallest absolute Gasteiger partial charge is 0.230 e. The number of carbonyl (C=O) groups is 1. The van der Waals surface area contributed by atoms with Crippen LogP contribution in [0.4, 0.5) is 0 Å². The van der Waals surface area contributed by atoms with Crippen LogP contribution in [0.3, 0.4) is 0 Å². The Bertz CT molecular complexity index is 864. The molecule has 0 aromatic carbocycles. The number of nitrogens with zero attached hydrogens (tertiary/aromatic N) is 3. The Morgan fingerprint density at radius 3 is 2.86 bits per heavy atom. The molecule has 0 saturated carbocycles. The first kappa shape index (κ1) is 21.0. The van der Waals surface area contributed by atoms with E-state index >= 15 is 0 Å². The number of amides is 1. The Balaban J connectivity index is 1.60. The lowest BCUT2D eigenvalue weighted by Crippen LogP contribution is -2.36. The number of thioether (sulfide) groups is 1. The summed E-state index contributed by atoms with van der Waals surface area (Å²) in [4.78, 5) is 27.1. The third-order valence-corrected chi connectivity index (χ3v) is 7.82. The number of morpholine rings is 1. The van der Waals surface area contributed by atoms with Crippen molar-refractivity contribution in [1.82, 2.24) is 20.2 Å². The van der Waals surface area contributed by atoms with Crippen molar-refractivity contribution in [3.63, 3.8) is 0 Å². The van der Waals surface area contributed by atoms with Crippen molar-refractivity contribution >= 4 is 39.2 Å². The highest BCUT2D eigenvalue weighted by atomic mass is 32.2. The predicted octanol–water partition coefficient (Wildman–Crippen LogP) is 3.41. The van der Waals surface area contributed by atoms with Gasteiger partial charge in [-0.05, 0) is 44.6 Å². The molecule has 2 aromatic rings. The fourth-order valence-corrected chi connectivity index (χ4v) is 6.08. The summed E-state index contributed by atoms with van der Waals surface area (Å²) in [7, 11) is 0. The molecule has 2 aliphatic rings. The van der Waals surface area contributed by atoms with Gasteiger partial charge in [0.05, 0.1) is 25.5 Å². The quantitative estimate of drug-likeness (QED) is 0.532. The maximum atomic E-state index is 12.4. The molecule has 3 heterocycles. The van der Waals surface area contributed by atoms with E-state index in [1.165, 1.54) is 28.7 Å². The number of ether oxygens (including phenoxy) is 1. The molecule has 1 aliphatic carbocycles. The first-order chi connectivity index (χ1) is 14.1. The summed E-state index contributed by atoms with van der Waals surface area (Å²) in [5, 5.41) is 5.25. The summed E-state index contributed by atoms with van der Waals surface area (Å²) >= 11 is 3.39. The van der Waals surface area contributed by atoms with Gasteiger partial charge in [0, 0.05) is 29.4 Å². The van der Waals surface area contributed by atoms with Crippen LogP contribution in [0.25, 0.3) is 10.2 Å². The van der Waals surface area contributed by atoms with Crippen LogP contribution in [-0.4, -0.2) is 58.9 Å². The van der Waals surface area contributed by atoms with Crippen molar-refractivity contribution in [3.8, 4) is 0 Å². The van der Waals surface area contributed by atoms with Crippen LogP contribution >= 0.6 is 23.1 Å². The maximum Gasteiger partial charge on any atom is 0.230 e. The summed E-state index contributed by atoms with van der Waals surface area (Å²) in [6.07, 6.45) is 5.68. The Morgan fingerprint density at radius 2 is 2.07 bits per heavy atom. The molecule has 1 amide bonds. The molecule has 0 unspecified atom stereocenters. The monoisotopic (exact) mass is 434 g/mol. The van der Waals surface area contributed by atoms with Crippen LogP contribution < -0.4 is 5.32 Å². The van der Waals surface area contributed by atoms with Gasteiger partial charge in [0.15, 0.2) is 0 Å². The van der Waals surface area contributed by atoms with E-state index in [9.17, 15) is 4.79 Å². The number of fused-ring (bicyclic) bond motifs is 3. The zero-order valence-corrected chi connectivity index (χ0v) is 19.0. The number of hydrogen-bond acceptors (Lipinski definition) is 7. The molecule has 1 aliphatic heterocycles. The highest BCUT2D eigenvalue weighted by molar-refractivity contribution is 8.00. The van der Waals surface area contributed by atoms with E-state index in [0.29, 0.717) is 5.75 Å². The minimum atomic E-state index is 0.0786. The lowest BCUT2D eigenvalue weighted by atomic mass is 9.97. The van der Waals surface area contributed by atoms with E-state index < -0.39 is 0 Å². The molecular weight excluding hydrogens is 404 g/mol. The van der Waals surface area contributed by atoms with Gasteiger partial charge in [-0.2, -0.15) is 0 Å². The first-order valence-corrected chi connectivity index (χ1v) is 12.5. The maximum absolute atomic E-state index is 12.4. The summed E-state index contributed by atoms with van der Waals surface area (Å²) in [6.45, 7) is 8.25. The molecule has 6 nitrogen and oxygen atoms in total. The Hall–Kier alpha value is -1.22. The van der Waals surface area contributed by atoms with Crippen LogP contribution in [0.15, 0.2) is 5.03 Å². The highest BCUT2D eigenvalue weighted by Crippen LogP contribution is 2.39. The van der Waals surface area contributed by atoms with E-state index in [1.54, 1.807) is 11.8 Å². The molecule has 1 fully saturated rings. The molecule has 1 atom stereocenters. The summed E-state index contributed by atoms with van der Waals surface area (Å²) in [6, 6.07) is 0.208.